The van der Waals surface area contributed by atoms with Crippen LogP contribution in [0.2, 0.25) is 0 Å². The minimum Gasteiger partial charge on any atom is -0.306 e. The summed E-state index contributed by atoms with van der Waals surface area (Å²) in [6.45, 7) is 0.0754. The molecule has 2 N–H and O–H groups in total. The molecule has 1 aliphatic rings. The summed E-state index contributed by atoms with van der Waals surface area (Å²) in [5.74, 6) is -1.66. The van der Waals surface area contributed by atoms with Gasteiger partial charge in [-0.1, -0.05) is 0 Å². The maximum Gasteiger partial charge on any atom is 0.323 e. The van der Waals surface area contributed by atoms with E-state index in [0.29, 0.717) is 35.5 Å². The molecule has 0 aliphatic carbocycles. The molecule has 26 heavy (non-hydrogen) atoms. The van der Waals surface area contributed by atoms with E-state index in [1.54, 1.807) is 0 Å². The normalized spacial score (nSPS) is 14.7. The summed E-state index contributed by atoms with van der Waals surface area (Å²) in [4.78, 5) is 16.4. The number of aromatic nitrogens is 2. The molecule has 2 aromatic carbocycles. The van der Waals surface area contributed by atoms with Crippen molar-refractivity contribution in [2.24, 2.45) is 0 Å². The molecule has 0 amide bonds. The van der Waals surface area contributed by atoms with Gasteiger partial charge in [-0.25, -0.2) is 22.0 Å². The molecule has 0 bridgehead atoms. The Morgan fingerprint density at radius 3 is 2.50 bits per heavy atom. The Hall–Kier alpha value is -2.20. The second-order valence-electron chi connectivity index (χ2n) is 5.98. The molecular formula is C16H12BrF2N3O3S. The van der Waals surface area contributed by atoms with Crippen molar-refractivity contribution in [2.75, 3.05) is 10.8 Å². The van der Waals surface area contributed by atoms with Crippen LogP contribution in [0.25, 0.3) is 11.0 Å². The van der Waals surface area contributed by atoms with E-state index in [-0.39, 0.29) is 21.6 Å². The average molecular weight is 444 g/mol. The van der Waals surface area contributed by atoms with E-state index in [1.165, 1.54) is 12.1 Å². The first kappa shape index (κ1) is 17.2. The van der Waals surface area contributed by atoms with Crippen LogP contribution in [-0.4, -0.2) is 24.9 Å². The summed E-state index contributed by atoms with van der Waals surface area (Å²) >= 11 is 3.20. The summed E-state index contributed by atoms with van der Waals surface area (Å²) in [6, 6.07) is 4.60. The van der Waals surface area contributed by atoms with Crippen LogP contribution in [0.4, 0.5) is 14.5 Å². The third-order valence-electron chi connectivity index (χ3n) is 4.30. The molecule has 0 radical (unpaired) electrons. The van der Waals surface area contributed by atoms with Crippen molar-refractivity contribution in [1.82, 2.24) is 9.97 Å². The fourth-order valence-corrected chi connectivity index (χ4v) is 5.79. The van der Waals surface area contributed by atoms with Gasteiger partial charge in [0.1, 0.15) is 10.7 Å². The molecule has 0 saturated carbocycles. The van der Waals surface area contributed by atoms with Crippen LogP contribution in [0.1, 0.15) is 12.0 Å². The largest absolute Gasteiger partial charge is 0.323 e. The number of aromatic amines is 2. The number of sulfonamides is 1. The van der Waals surface area contributed by atoms with Crippen LogP contribution in [0.15, 0.2) is 38.4 Å². The van der Waals surface area contributed by atoms with Gasteiger partial charge in [-0.2, -0.15) is 0 Å². The first-order valence-corrected chi connectivity index (χ1v) is 9.93. The number of hydrogen-bond acceptors (Lipinski definition) is 3. The third-order valence-corrected chi connectivity index (χ3v) is 7.06. The fourth-order valence-electron chi connectivity index (χ4n) is 3.21. The Kier molecular flexibility index (Phi) is 3.92. The van der Waals surface area contributed by atoms with Crippen LogP contribution < -0.4 is 9.99 Å². The maximum absolute atomic E-state index is 14.4. The highest BCUT2D eigenvalue weighted by Gasteiger charge is 2.33. The molecule has 136 valence electrons. The summed E-state index contributed by atoms with van der Waals surface area (Å²) in [7, 11) is -4.14. The van der Waals surface area contributed by atoms with Gasteiger partial charge in [-0.15, -0.1) is 0 Å². The van der Waals surface area contributed by atoms with Crippen LogP contribution in [0, 0.1) is 11.6 Å². The van der Waals surface area contributed by atoms with Crippen LogP contribution in [0.3, 0.4) is 0 Å². The SMILES string of the molecule is O=c1[nH]c2cc(Br)c(S(=O)(=O)N3CCCc4cc(F)cc(F)c43)cc2[nH]1. The van der Waals surface area contributed by atoms with Gasteiger partial charge in [-0.3, -0.25) is 4.31 Å². The number of fused-ring (bicyclic) bond motifs is 2. The van der Waals surface area contributed by atoms with E-state index < -0.39 is 27.3 Å². The number of halogens is 3. The van der Waals surface area contributed by atoms with E-state index in [4.69, 9.17) is 0 Å². The molecule has 2 heterocycles. The number of benzene rings is 2. The standard InChI is InChI=1S/C16H12BrF2N3O3S/c17-10-6-12-13(21-16(23)20-12)7-14(10)26(24,25)22-3-1-2-8-4-9(18)5-11(19)15(8)22/h4-7H,1-3H2,(H2,20,21,23). The molecule has 0 atom stereocenters. The van der Waals surface area contributed by atoms with Crippen LogP contribution in [-0.2, 0) is 16.4 Å². The molecule has 10 heteroatoms. The predicted molar refractivity (Wildman–Crippen MR) is 95.8 cm³/mol. The Morgan fingerprint density at radius 1 is 1.08 bits per heavy atom. The molecule has 6 nitrogen and oxygen atoms in total. The van der Waals surface area contributed by atoms with Crippen molar-refractivity contribution in [3.05, 3.63) is 56.4 Å². The topological polar surface area (TPSA) is 86.0 Å². The summed E-state index contributed by atoms with van der Waals surface area (Å²) in [6.07, 6.45) is 0.831. The number of H-pyrrole nitrogens is 2. The first-order chi connectivity index (χ1) is 12.3. The van der Waals surface area contributed by atoms with Gasteiger partial charge in [0.05, 0.1) is 16.7 Å². The van der Waals surface area contributed by atoms with Gasteiger partial charge in [0.15, 0.2) is 5.82 Å². The number of rotatable bonds is 2. The van der Waals surface area contributed by atoms with Crippen molar-refractivity contribution in [3.63, 3.8) is 0 Å². The lowest BCUT2D eigenvalue weighted by atomic mass is 10.0. The third kappa shape index (κ3) is 2.64. The molecule has 1 aromatic heterocycles. The molecule has 0 unspecified atom stereocenters. The number of aryl methyl sites for hydroxylation is 1. The molecular weight excluding hydrogens is 432 g/mol. The van der Waals surface area contributed by atoms with Gasteiger partial charge >= 0.3 is 5.69 Å². The molecule has 1 aliphatic heterocycles. The van der Waals surface area contributed by atoms with Crippen molar-refractivity contribution in [2.45, 2.75) is 17.7 Å². The Bertz CT molecular complexity index is 1200. The summed E-state index contributed by atoms with van der Waals surface area (Å²) in [5, 5.41) is 0. The van der Waals surface area contributed by atoms with Gasteiger partial charge < -0.3 is 9.97 Å². The number of nitrogens with zero attached hydrogens (tertiary/aromatic N) is 1. The minimum atomic E-state index is -4.14. The van der Waals surface area contributed by atoms with Crippen molar-refractivity contribution < 1.29 is 17.2 Å². The van der Waals surface area contributed by atoms with E-state index >= 15 is 0 Å². The fraction of sp³-hybridized carbons (Fsp3) is 0.188. The number of anilines is 1. The zero-order valence-electron chi connectivity index (χ0n) is 13.1. The Balaban J connectivity index is 1.92. The molecule has 4 rings (SSSR count). The average Bonchev–Trinajstić information content (AvgIpc) is 2.92. The lowest BCUT2D eigenvalue weighted by Crippen LogP contribution is -2.36. The Labute approximate surface area is 155 Å². The van der Waals surface area contributed by atoms with Crippen molar-refractivity contribution in [3.8, 4) is 0 Å². The maximum atomic E-state index is 14.4. The highest BCUT2D eigenvalue weighted by molar-refractivity contribution is 9.10. The Morgan fingerprint density at radius 2 is 1.77 bits per heavy atom. The van der Waals surface area contributed by atoms with Gasteiger partial charge in [0, 0.05) is 17.1 Å². The zero-order chi connectivity index (χ0) is 18.6. The van der Waals surface area contributed by atoms with Crippen LogP contribution >= 0.6 is 15.9 Å². The predicted octanol–water partition coefficient (Wildman–Crippen LogP) is 3.04. The van der Waals surface area contributed by atoms with E-state index in [1.807, 2.05) is 0 Å². The number of nitrogens with one attached hydrogen (secondary N) is 2. The highest BCUT2D eigenvalue weighted by Crippen LogP contribution is 2.37. The van der Waals surface area contributed by atoms with Gasteiger partial charge in [-0.05, 0) is 52.5 Å². The minimum absolute atomic E-state index is 0.0754. The number of hydrogen-bond donors (Lipinski definition) is 2. The zero-order valence-corrected chi connectivity index (χ0v) is 15.5. The van der Waals surface area contributed by atoms with E-state index in [9.17, 15) is 22.0 Å². The van der Waals surface area contributed by atoms with Crippen molar-refractivity contribution >= 4 is 42.7 Å². The van der Waals surface area contributed by atoms with E-state index in [0.717, 1.165) is 10.4 Å². The smallest absolute Gasteiger partial charge is 0.306 e. The van der Waals surface area contributed by atoms with Crippen LogP contribution in [0.5, 0.6) is 0 Å². The first-order valence-electron chi connectivity index (χ1n) is 7.69. The quantitative estimate of drug-likeness (QED) is 0.637. The van der Waals surface area contributed by atoms with Crippen molar-refractivity contribution in [1.29, 1.82) is 0 Å². The van der Waals surface area contributed by atoms with Gasteiger partial charge in [0.2, 0.25) is 0 Å². The lowest BCUT2D eigenvalue weighted by Gasteiger charge is -2.31. The second-order valence-corrected chi connectivity index (χ2v) is 8.67. The molecule has 0 fully saturated rings. The monoisotopic (exact) mass is 443 g/mol. The number of imidazole rings is 1. The van der Waals surface area contributed by atoms with E-state index in [2.05, 4.69) is 25.9 Å². The second kappa shape index (κ2) is 5.92. The summed E-state index contributed by atoms with van der Waals surface area (Å²) in [5.41, 5.74) is 0.463. The summed E-state index contributed by atoms with van der Waals surface area (Å²) < 4.78 is 55.4. The molecule has 3 aromatic rings. The lowest BCUT2D eigenvalue weighted by molar-refractivity contribution is 0.561. The van der Waals surface area contributed by atoms with Gasteiger partial charge in [0.25, 0.3) is 10.0 Å². The molecule has 0 spiro atoms. The highest BCUT2D eigenvalue weighted by atomic mass is 79.9. The molecule has 0 saturated heterocycles.